The molecule has 0 bridgehead atoms. The molecule has 190 valence electrons. The van der Waals surface area contributed by atoms with Crippen LogP contribution in [0.15, 0.2) is 91.0 Å². The Morgan fingerprint density at radius 2 is 1.12 bits per heavy atom. The number of benzene rings is 5. The smallest absolute Gasteiger partial charge is 0.177 e. The first-order valence-corrected chi connectivity index (χ1v) is 13.5. The van der Waals surface area contributed by atoms with E-state index in [1.165, 1.54) is 44.2 Å². The van der Waals surface area contributed by atoms with Gasteiger partial charge in [-0.15, -0.1) is 0 Å². The summed E-state index contributed by atoms with van der Waals surface area (Å²) in [6, 6.07) is 36.2. The second-order valence-corrected chi connectivity index (χ2v) is 10.6. The fourth-order valence-electron chi connectivity index (χ4n) is 6.52. The van der Waals surface area contributed by atoms with E-state index >= 15 is 0 Å². The molecule has 2 heterocycles. The zero-order valence-electron chi connectivity index (χ0n) is 22.4. The normalized spacial score (nSPS) is 11.6. The van der Waals surface area contributed by atoms with Gasteiger partial charge in [0.1, 0.15) is 12.1 Å². The van der Waals surface area contributed by atoms with Gasteiger partial charge in [0.15, 0.2) is 11.4 Å². The predicted octanol–water partition coefficient (Wildman–Crippen LogP) is 8.40. The van der Waals surface area contributed by atoms with Crippen molar-refractivity contribution in [3.05, 3.63) is 114 Å². The van der Waals surface area contributed by atoms with E-state index in [-0.39, 0.29) is 11.4 Å². The van der Waals surface area contributed by atoms with E-state index in [0.717, 1.165) is 27.5 Å². The number of para-hydroxylation sites is 2. The van der Waals surface area contributed by atoms with E-state index in [4.69, 9.17) is 0 Å². The number of rotatable bonds is 2. The number of aromatic nitrogens is 3. The molecule has 8 rings (SSSR count). The molecule has 1 aliphatic rings. The van der Waals surface area contributed by atoms with Crippen LogP contribution in [0.2, 0.25) is 0 Å². The topological polar surface area (TPSA) is 78.3 Å². The van der Waals surface area contributed by atoms with Crippen molar-refractivity contribution in [1.29, 1.82) is 10.5 Å². The van der Waals surface area contributed by atoms with Crippen LogP contribution in [0.3, 0.4) is 0 Å². The molecular weight excluding hydrogens is 502 g/mol. The quantitative estimate of drug-likeness (QED) is 0.228. The van der Waals surface area contributed by atoms with Gasteiger partial charge in [0.2, 0.25) is 0 Å². The first kappa shape index (κ1) is 23.1. The molecule has 0 unspecified atom stereocenters. The minimum atomic E-state index is 0.0587. The van der Waals surface area contributed by atoms with Crippen LogP contribution < -0.4 is 0 Å². The van der Waals surface area contributed by atoms with Gasteiger partial charge in [-0.1, -0.05) is 66.7 Å². The molecule has 0 amide bonds. The Morgan fingerprint density at radius 3 is 1.76 bits per heavy atom. The van der Waals surface area contributed by atoms with Gasteiger partial charge >= 0.3 is 0 Å². The summed E-state index contributed by atoms with van der Waals surface area (Å²) in [6.07, 6.45) is 0. The average Bonchev–Trinajstić information content (AvgIpc) is 3.51. The Bertz CT molecular complexity index is 2260. The number of fused-ring (bicyclic) bond motifs is 6. The highest BCUT2D eigenvalue weighted by atomic mass is 15.0. The lowest BCUT2D eigenvalue weighted by atomic mass is 9.91. The van der Waals surface area contributed by atoms with Crippen molar-refractivity contribution < 1.29 is 0 Å². The van der Waals surface area contributed by atoms with Gasteiger partial charge in [0, 0.05) is 33.0 Å². The molecule has 0 radical (unpaired) electrons. The van der Waals surface area contributed by atoms with Gasteiger partial charge in [-0.05, 0) is 65.8 Å². The van der Waals surface area contributed by atoms with Crippen molar-refractivity contribution in [3.63, 3.8) is 0 Å². The summed E-state index contributed by atoms with van der Waals surface area (Å²) < 4.78 is 2.37. The Hall–Kier alpha value is -5.78. The summed E-state index contributed by atoms with van der Waals surface area (Å²) in [5.41, 5.74) is 11.6. The maximum Gasteiger partial charge on any atom is 0.177 e. The Kier molecular flexibility index (Phi) is 4.72. The SMILES string of the molecule is Cc1cc(-n2c3ccccc3c3ccccc32)c(C)cc1-c1ccc2c3c(cccc13)-c1nc(C#N)c(C#N)nc1-2. The third kappa shape index (κ3) is 3.09. The Labute approximate surface area is 236 Å². The molecule has 0 N–H and O–H groups in total. The number of hydrogen-bond donors (Lipinski definition) is 0. The highest BCUT2D eigenvalue weighted by Gasteiger charge is 2.28. The molecule has 0 aliphatic heterocycles. The van der Waals surface area contributed by atoms with Gasteiger partial charge in [-0.3, -0.25) is 0 Å². The molecule has 41 heavy (non-hydrogen) atoms. The van der Waals surface area contributed by atoms with Crippen LogP contribution in [-0.2, 0) is 0 Å². The van der Waals surface area contributed by atoms with Crippen molar-refractivity contribution in [3.8, 4) is 51.5 Å². The molecule has 5 nitrogen and oxygen atoms in total. The molecule has 0 saturated carbocycles. The molecule has 0 atom stereocenters. The van der Waals surface area contributed by atoms with Crippen molar-refractivity contribution in [2.75, 3.05) is 0 Å². The lowest BCUT2D eigenvalue weighted by Crippen LogP contribution is -1.99. The van der Waals surface area contributed by atoms with E-state index in [2.05, 4.69) is 107 Å². The van der Waals surface area contributed by atoms with Crippen LogP contribution in [0.5, 0.6) is 0 Å². The van der Waals surface area contributed by atoms with E-state index in [1.807, 2.05) is 24.3 Å². The van der Waals surface area contributed by atoms with Gasteiger partial charge in [-0.2, -0.15) is 10.5 Å². The summed E-state index contributed by atoms with van der Waals surface area (Å²) in [5, 5.41) is 23.7. The summed E-state index contributed by atoms with van der Waals surface area (Å²) in [5.74, 6) is 0. The van der Waals surface area contributed by atoms with E-state index in [1.54, 1.807) is 0 Å². The van der Waals surface area contributed by atoms with Crippen LogP contribution in [0.4, 0.5) is 0 Å². The maximum atomic E-state index is 9.54. The molecule has 5 aromatic carbocycles. The fraction of sp³-hybridized carbons (Fsp3) is 0.0556. The van der Waals surface area contributed by atoms with Crippen LogP contribution in [-0.4, -0.2) is 14.5 Å². The van der Waals surface area contributed by atoms with Gasteiger partial charge in [0.25, 0.3) is 0 Å². The minimum Gasteiger partial charge on any atom is -0.309 e. The van der Waals surface area contributed by atoms with Crippen molar-refractivity contribution in [2.24, 2.45) is 0 Å². The number of hydrogen-bond acceptors (Lipinski definition) is 4. The molecule has 7 aromatic rings. The fourth-order valence-corrected chi connectivity index (χ4v) is 6.52. The highest BCUT2D eigenvalue weighted by Crippen LogP contribution is 2.48. The van der Waals surface area contributed by atoms with E-state index < -0.39 is 0 Å². The third-order valence-corrected chi connectivity index (χ3v) is 8.31. The van der Waals surface area contributed by atoms with Crippen LogP contribution in [0.1, 0.15) is 22.5 Å². The van der Waals surface area contributed by atoms with Crippen molar-refractivity contribution in [1.82, 2.24) is 14.5 Å². The number of nitrogens with zero attached hydrogens (tertiary/aromatic N) is 5. The standard InChI is InChI=1S/C36H21N5/c1-20-17-33(41-31-12-5-3-8-23(31)24-9-4-6-13-32(24)41)21(2)16-28(20)22-14-15-27-34-25(22)10-7-11-26(34)35-36(27)40-30(19-38)29(18-37)39-35/h3-17H,1-2H3. The van der Waals surface area contributed by atoms with Crippen LogP contribution in [0.25, 0.3) is 71.9 Å². The lowest BCUT2D eigenvalue weighted by molar-refractivity contribution is 1.14. The number of nitriles is 2. The minimum absolute atomic E-state index is 0.0587. The lowest BCUT2D eigenvalue weighted by Gasteiger charge is -2.17. The van der Waals surface area contributed by atoms with Gasteiger partial charge in [0.05, 0.1) is 22.4 Å². The summed E-state index contributed by atoms with van der Waals surface area (Å²) in [6.45, 7) is 4.35. The molecule has 2 aromatic heterocycles. The largest absolute Gasteiger partial charge is 0.309 e. The maximum absolute atomic E-state index is 9.54. The molecule has 0 spiro atoms. The summed E-state index contributed by atoms with van der Waals surface area (Å²) in [4.78, 5) is 9.11. The van der Waals surface area contributed by atoms with Crippen molar-refractivity contribution in [2.45, 2.75) is 13.8 Å². The third-order valence-electron chi connectivity index (χ3n) is 8.31. The Balaban J connectivity index is 1.35. The molecule has 5 heteroatoms. The monoisotopic (exact) mass is 523 g/mol. The zero-order valence-corrected chi connectivity index (χ0v) is 22.4. The average molecular weight is 524 g/mol. The van der Waals surface area contributed by atoms with E-state index in [9.17, 15) is 10.5 Å². The zero-order chi connectivity index (χ0) is 27.8. The summed E-state index contributed by atoms with van der Waals surface area (Å²) >= 11 is 0. The van der Waals surface area contributed by atoms with Crippen LogP contribution in [0, 0.1) is 36.5 Å². The van der Waals surface area contributed by atoms with Crippen LogP contribution >= 0.6 is 0 Å². The van der Waals surface area contributed by atoms with E-state index in [0.29, 0.717) is 11.4 Å². The molecular formula is C36H21N5. The second kappa shape index (κ2) is 8.36. The van der Waals surface area contributed by atoms with Gasteiger partial charge < -0.3 is 4.57 Å². The molecule has 0 fully saturated rings. The first-order valence-electron chi connectivity index (χ1n) is 13.5. The highest BCUT2D eigenvalue weighted by molar-refractivity contribution is 6.17. The second-order valence-electron chi connectivity index (χ2n) is 10.6. The molecule has 1 aliphatic carbocycles. The predicted molar refractivity (Wildman–Crippen MR) is 163 cm³/mol. The van der Waals surface area contributed by atoms with Crippen molar-refractivity contribution >= 4 is 32.6 Å². The number of aryl methyl sites for hydroxylation is 2. The Morgan fingerprint density at radius 1 is 0.561 bits per heavy atom. The molecule has 0 saturated heterocycles. The first-order chi connectivity index (χ1) is 20.1. The van der Waals surface area contributed by atoms with Gasteiger partial charge in [-0.25, -0.2) is 9.97 Å². The summed E-state index contributed by atoms with van der Waals surface area (Å²) in [7, 11) is 0.